The molecule has 63 heavy (non-hydrogen) atoms. The highest BCUT2D eigenvalue weighted by Crippen LogP contribution is 2.18. The van der Waals surface area contributed by atoms with Gasteiger partial charge in [-0.05, 0) is 37.0 Å². The standard InChI is InChI=1S/C57H110O6/c1-51(2)43-37-31-25-19-13-8-7-9-17-24-30-36-42-48-57(60)63-54(50-62-56(59)47-41-35-29-23-18-12-15-21-27-33-39-45-53(5)6)49-61-55(58)46-40-34-28-22-16-11-10-14-20-26-32-38-44-52(3)4/h51-54H,7-50H2,1-6H3/t54-/m1/s1. The largest absolute Gasteiger partial charge is 0.462 e. The summed E-state index contributed by atoms with van der Waals surface area (Å²) in [5.74, 6) is 1.65. The van der Waals surface area contributed by atoms with Crippen LogP contribution < -0.4 is 0 Å². The summed E-state index contributed by atoms with van der Waals surface area (Å²) in [6, 6.07) is 0. The van der Waals surface area contributed by atoms with Gasteiger partial charge in [-0.2, -0.15) is 0 Å². The van der Waals surface area contributed by atoms with Crippen LogP contribution >= 0.6 is 0 Å². The number of rotatable bonds is 50. The molecule has 0 amide bonds. The van der Waals surface area contributed by atoms with Crippen molar-refractivity contribution in [1.82, 2.24) is 0 Å². The molecule has 0 aliphatic heterocycles. The van der Waals surface area contributed by atoms with Gasteiger partial charge in [-0.1, -0.05) is 273 Å². The third kappa shape index (κ3) is 51.3. The van der Waals surface area contributed by atoms with Gasteiger partial charge in [0.05, 0.1) is 0 Å². The van der Waals surface area contributed by atoms with Gasteiger partial charge in [-0.25, -0.2) is 0 Å². The van der Waals surface area contributed by atoms with Crippen molar-refractivity contribution < 1.29 is 28.6 Å². The summed E-state index contributed by atoms with van der Waals surface area (Å²) in [7, 11) is 0. The van der Waals surface area contributed by atoms with E-state index in [0.717, 1.165) is 75.5 Å². The van der Waals surface area contributed by atoms with Crippen molar-refractivity contribution in [2.75, 3.05) is 13.2 Å². The Morgan fingerprint density at radius 1 is 0.270 bits per heavy atom. The normalized spacial score (nSPS) is 12.1. The van der Waals surface area contributed by atoms with E-state index < -0.39 is 6.10 Å². The van der Waals surface area contributed by atoms with Crippen molar-refractivity contribution in [2.24, 2.45) is 17.8 Å². The molecule has 0 aromatic heterocycles. The number of unbranched alkanes of at least 4 members (excludes halogenated alkanes) is 33. The summed E-state index contributed by atoms with van der Waals surface area (Å²) < 4.78 is 16.9. The fourth-order valence-corrected chi connectivity index (χ4v) is 8.65. The summed E-state index contributed by atoms with van der Waals surface area (Å²) in [4.78, 5) is 38.1. The maximum absolute atomic E-state index is 12.8. The molecule has 0 N–H and O–H groups in total. The predicted octanol–water partition coefficient (Wildman–Crippen LogP) is 18.3. The van der Waals surface area contributed by atoms with E-state index in [4.69, 9.17) is 14.2 Å². The molecule has 0 aliphatic rings. The maximum Gasteiger partial charge on any atom is 0.306 e. The first-order valence-electron chi connectivity index (χ1n) is 28.1. The van der Waals surface area contributed by atoms with E-state index in [1.54, 1.807) is 0 Å². The van der Waals surface area contributed by atoms with Crippen LogP contribution in [0.25, 0.3) is 0 Å². The highest BCUT2D eigenvalue weighted by Gasteiger charge is 2.19. The zero-order valence-electron chi connectivity index (χ0n) is 43.4. The van der Waals surface area contributed by atoms with Crippen LogP contribution in [0.4, 0.5) is 0 Å². The Bertz CT molecular complexity index is 976. The second-order valence-corrected chi connectivity index (χ2v) is 21.0. The number of carbonyl (C=O) groups is 3. The number of ether oxygens (including phenoxy) is 3. The highest BCUT2D eigenvalue weighted by atomic mass is 16.6. The minimum atomic E-state index is -0.763. The third-order valence-electron chi connectivity index (χ3n) is 12.9. The molecule has 0 rings (SSSR count). The Morgan fingerprint density at radius 3 is 0.683 bits per heavy atom. The molecule has 6 heteroatoms. The summed E-state index contributed by atoms with van der Waals surface area (Å²) in [6.45, 7) is 13.7. The van der Waals surface area contributed by atoms with Crippen LogP contribution in [-0.4, -0.2) is 37.2 Å². The number of esters is 3. The van der Waals surface area contributed by atoms with Gasteiger partial charge in [0.25, 0.3) is 0 Å². The van der Waals surface area contributed by atoms with E-state index in [1.165, 1.54) is 193 Å². The predicted molar refractivity (Wildman–Crippen MR) is 270 cm³/mol. The Morgan fingerprint density at radius 2 is 0.460 bits per heavy atom. The second kappa shape index (κ2) is 48.3. The van der Waals surface area contributed by atoms with Crippen LogP contribution in [0, 0.1) is 17.8 Å². The average molecular weight is 892 g/mol. The molecule has 0 saturated carbocycles. The van der Waals surface area contributed by atoms with Crippen LogP contribution in [0.5, 0.6) is 0 Å². The van der Waals surface area contributed by atoms with Gasteiger partial charge in [-0.15, -0.1) is 0 Å². The summed E-state index contributed by atoms with van der Waals surface area (Å²) in [5, 5.41) is 0. The zero-order chi connectivity index (χ0) is 46.3. The first kappa shape index (κ1) is 61.4. The molecule has 6 nitrogen and oxygen atoms in total. The average Bonchev–Trinajstić information content (AvgIpc) is 3.24. The Hall–Kier alpha value is -1.59. The van der Waals surface area contributed by atoms with E-state index in [1.807, 2.05) is 0 Å². The number of carbonyl (C=O) groups excluding carboxylic acids is 3. The van der Waals surface area contributed by atoms with E-state index >= 15 is 0 Å². The quantitative estimate of drug-likeness (QED) is 0.0344. The lowest BCUT2D eigenvalue weighted by molar-refractivity contribution is -0.167. The molecule has 0 unspecified atom stereocenters. The van der Waals surface area contributed by atoms with Gasteiger partial charge in [0.1, 0.15) is 13.2 Å². The van der Waals surface area contributed by atoms with Gasteiger partial charge in [-0.3, -0.25) is 14.4 Å². The third-order valence-corrected chi connectivity index (χ3v) is 12.9. The first-order chi connectivity index (χ1) is 30.6. The molecule has 0 radical (unpaired) electrons. The molecule has 0 heterocycles. The van der Waals surface area contributed by atoms with Gasteiger partial charge >= 0.3 is 17.9 Å². The van der Waals surface area contributed by atoms with Gasteiger partial charge in [0.15, 0.2) is 6.10 Å². The maximum atomic E-state index is 12.8. The fourth-order valence-electron chi connectivity index (χ4n) is 8.65. The lowest BCUT2D eigenvalue weighted by Gasteiger charge is -2.18. The van der Waals surface area contributed by atoms with Crippen molar-refractivity contribution in [3.8, 4) is 0 Å². The Labute approximate surface area is 393 Å². The second-order valence-electron chi connectivity index (χ2n) is 21.0. The minimum Gasteiger partial charge on any atom is -0.462 e. The fraction of sp³-hybridized carbons (Fsp3) is 0.947. The van der Waals surface area contributed by atoms with Crippen molar-refractivity contribution in [1.29, 1.82) is 0 Å². The van der Waals surface area contributed by atoms with E-state index in [9.17, 15) is 14.4 Å². The topological polar surface area (TPSA) is 78.9 Å². The lowest BCUT2D eigenvalue weighted by atomic mass is 10.0. The van der Waals surface area contributed by atoms with E-state index in [0.29, 0.717) is 19.3 Å². The highest BCUT2D eigenvalue weighted by molar-refractivity contribution is 5.71. The van der Waals surface area contributed by atoms with Crippen molar-refractivity contribution >= 4 is 17.9 Å². The van der Waals surface area contributed by atoms with E-state index in [-0.39, 0.29) is 31.1 Å². The molecule has 0 aliphatic carbocycles. The molecule has 0 spiro atoms. The van der Waals surface area contributed by atoms with Crippen LogP contribution in [0.1, 0.15) is 311 Å². The molecule has 0 fully saturated rings. The zero-order valence-corrected chi connectivity index (χ0v) is 43.4. The van der Waals surface area contributed by atoms with Crippen LogP contribution in [0.15, 0.2) is 0 Å². The molecule has 0 aromatic carbocycles. The van der Waals surface area contributed by atoms with Crippen molar-refractivity contribution in [2.45, 2.75) is 317 Å². The molecular weight excluding hydrogens is 781 g/mol. The number of hydrogen-bond donors (Lipinski definition) is 0. The summed E-state index contributed by atoms with van der Waals surface area (Å²) >= 11 is 0. The monoisotopic (exact) mass is 891 g/mol. The lowest BCUT2D eigenvalue weighted by Crippen LogP contribution is -2.30. The Kier molecular flexibility index (Phi) is 47.1. The van der Waals surface area contributed by atoms with Gasteiger partial charge in [0, 0.05) is 19.3 Å². The van der Waals surface area contributed by atoms with E-state index in [2.05, 4.69) is 41.5 Å². The molecule has 0 aromatic rings. The molecular formula is C57H110O6. The van der Waals surface area contributed by atoms with Gasteiger partial charge in [0.2, 0.25) is 0 Å². The number of hydrogen-bond acceptors (Lipinski definition) is 6. The smallest absolute Gasteiger partial charge is 0.306 e. The summed E-state index contributed by atoms with van der Waals surface area (Å²) in [5.41, 5.74) is 0. The van der Waals surface area contributed by atoms with Crippen molar-refractivity contribution in [3.63, 3.8) is 0 Å². The van der Waals surface area contributed by atoms with Crippen LogP contribution in [0.2, 0.25) is 0 Å². The SMILES string of the molecule is CC(C)CCCCCCCCCCCCCCCC(=O)O[C@H](COC(=O)CCCCCCCCCCCCCCC(C)C)COC(=O)CCCCCCCCCCCCCC(C)C. The minimum absolute atomic E-state index is 0.0638. The molecule has 0 saturated heterocycles. The van der Waals surface area contributed by atoms with Crippen LogP contribution in [-0.2, 0) is 28.6 Å². The first-order valence-corrected chi connectivity index (χ1v) is 28.1. The Balaban J connectivity index is 4.32. The van der Waals surface area contributed by atoms with Crippen molar-refractivity contribution in [3.05, 3.63) is 0 Å². The molecule has 1 atom stereocenters. The molecule has 374 valence electrons. The molecule has 0 bridgehead atoms. The summed E-state index contributed by atoms with van der Waals surface area (Å²) in [6.07, 6.45) is 49.5. The van der Waals surface area contributed by atoms with Gasteiger partial charge < -0.3 is 14.2 Å². The van der Waals surface area contributed by atoms with Crippen LogP contribution in [0.3, 0.4) is 0 Å².